The van der Waals surface area contributed by atoms with Crippen LogP contribution in [0.15, 0.2) is 24.3 Å². The van der Waals surface area contributed by atoms with Gasteiger partial charge in [0.25, 0.3) is 5.91 Å². The summed E-state index contributed by atoms with van der Waals surface area (Å²) in [7, 11) is 0. The van der Waals surface area contributed by atoms with Crippen LogP contribution >= 0.6 is 57.7 Å². The molecular weight excluding hydrogens is 464 g/mol. The first kappa shape index (κ1) is 20.1. The monoisotopic (exact) mass is 475 g/mol. The number of amides is 1. The molecule has 1 aromatic carbocycles. The van der Waals surface area contributed by atoms with Crippen LogP contribution in [-0.4, -0.2) is 35.1 Å². The number of fused-ring (bicyclic) bond motifs is 1. The highest BCUT2D eigenvalue weighted by Gasteiger charge is 2.30. The molecule has 1 fully saturated rings. The third-order valence-electron chi connectivity index (χ3n) is 4.36. The second-order valence-electron chi connectivity index (χ2n) is 6.21. The lowest BCUT2D eigenvalue weighted by molar-refractivity contribution is 0.0913. The zero-order chi connectivity index (χ0) is 19.8. The Kier molecular flexibility index (Phi) is 5.97. The number of carbonyl (C=O) groups is 1. The number of nitrogens with zero attached hydrogens (tertiary/aromatic N) is 3. The number of benzene rings is 1. The minimum Gasteiger partial charge on any atom is -0.376 e. The first-order valence-corrected chi connectivity index (χ1v) is 10.8. The Morgan fingerprint density at radius 1 is 1.14 bits per heavy atom. The normalized spacial score (nSPS) is 16.6. The van der Waals surface area contributed by atoms with Crippen LogP contribution in [0.3, 0.4) is 0 Å². The summed E-state index contributed by atoms with van der Waals surface area (Å²) >= 11 is 25.8. The van der Waals surface area contributed by atoms with E-state index in [0.29, 0.717) is 18.3 Å². The number of rotatable bonds is 4. The van der Waals surface area contributed by atoms with Crippen LogP contribution in [0.5, 0.6) is 0 Å². The maximum atomic E-state index is 13.4. The summed E-state index contributed by atoms with van der Waals surface area (Å²) in [6.45, 7) is 0.999. The van der Waals surface area contributed by atoms with Crippen LogP contribution in [0.2, 0.25) is 20.2 Å². The Balaban J connectivity index is 1.77. The molecule has 0 aliphatic carbocycles. The van der Waals surface area contributed by atoms with Gasteiger partial charge < -0.3 is 4.74 Å². The van der Waals surface area contributed by atoms with E-state index in [-0.39, 0.29) is 32.0 Å². The molecule has 10 heteroatoms. The average molecular weight is 477 g/mol. The van der Waals surface area contributed by atoms with E-state index < -0.39 is 5.91 Å². The Morgan fingerprint density at radius 3 is 2.64 bits per heavy atom. The second kappa shape index (κ2) is 8.30. The van der Waals surface area contributed by atoms with Gasteiger partial charge in [-0.05, 0) is 25.0 Å². The predicted molar refractivity (Wildman–Crippen MR) is 115 cm³/mol. The Labute approximate surface area is 185 Å². The summed E-state index contributed by atoms with van der Waals surface area (Å²) in [5.74, 6) is -0.458. The molecule has 0 N–H and O–H groups in total. The molecule has 1 saturated heterocycles. The first-order valence-electron chi connectivity index (χ1n) is 8.44. The van der Waals surface area contributed by atoms with Gasteiger partial charge in [-0.15, -0.1) is 0 Å². The summed E-state index contributed by atoms with van der Waals surface area (Å²) in [6, 6.07) is 7.67. The molecule has 2 aromatic heterocycles. The third kappa shape index (κ3) is 3.82. The zero-order valence-corrected chi connectivity index (χ0v) is 18.1. The van der Waals surface area contributed by atoms with Crippen molar-refractivity contribution in [2.24, 2.45) is 0 Å². The van der Waals surface area contributed by atoms with Crippen LogP contribution in [-0.2, 0) is 4.74 Å². The average Bonchev–Trinajstić information content (AvgIpc) is 3.35. The molecule has 1 aliphatic heterocycles. The minimum atomic E-state index is -0.458. The minimum absolute atomic E-state index is 0.00644. The van der Waals surface area contributed by atoms with Crippen molar-refractivity contribution in [3.8, 4) is 0 Å². The smallest absolute Gasteiger partial charge is 0.280 e. The maximum absolute atomic E-state index is 13.4. The second-order valence-corrected chi connectivity index (χ2v) is 8.71. The highest BCUT2D eigenvalue weighted by atomic mass is 35.5. The number of halogens is 4. The van der Waals surface area contributed by atoms with Crippen molar-refractivity contribution in [3.05, 3.63) is 50.2 Å². The fourth-order valence-electron chi connectivity index (χ4n) is 2.97. The van der Waals surface area contributed by atoms with Gasteiger partial charge in [-0.3, -0.25) is 9.69 Å². The number of pyridine rings is 1. The molecule has 1 amide bonds. The van der Waals surface area contributed by atoms with E-state index in [1.54, 1.807) is 0 Å². The third-order valence-corrected chi connectivity index (χ3v) is 7.09. The summed E-state index contributed by atoms with van der Waals surface area (Å²) in [5.41, 5.74) is 0.734. The number of thiazole rings is 1. The fourth-order valence-corrected chi connectivity index (χ4v) is 4.75. The molecule has 0 saturated carbocycles. The number of para-hydroxylation sites is 1. The SMILES string of the molecule is O=C(c1nc(Cl)c(Cl)c(Cl)c1Cl)N(C[C@@H]1CCCO1)c1nc2ccccc2s1. The van der Waals surface area contributed by atoms with Crippen molar-refractivity contribution >= 4 is 79.0 Å². The molecule has 0 bridgehead atoms. The van der Waals surface area contributed by atoms with E-state index in [2.05, 4.69) is 9.97 Å². The lowest BCUT2D eigenvalue weighted by Gasteiger charge is -2.23. The molecule has 5 nitrogen and oxygen atoms in total. The quantitative estimate of drug-likeness (QED) is 0.425. The van der Waals surface area contributed by atoms with E-state index in [4.69, 9.17) is 51.1 Å². The molecule has 0 spiro atoms. The Morgan fingerprint density at radius 2 is 1.93 bits per heavy atom. The highest BCUT2D eigenvalue weighted by Crippen LogP contribution is 2.38. The summed E-state index contributed by atoms with van der Waals surface area (Å²) in [5, 5.41) is 0.408. The van der Waals surface area contributed by atoms with Crippen molar-refractivity contribution in [2.75, 3.05) is 18.1 Å². The van der Waals surface area contributed by atoms with E-state index in [9.17, 15) is 4.79 Å². The van der Waals surface area contributed by atoms with Crippen LogP contribution in [0.1, 0.15) is 23.3 Å². The molecule has 1 atom stereocenters. The van der Waals surface area contributed by atoms with Crippen LogP contribution in [0, 0.1) is 0 Å². The predicted octanol–water partition coefficient (Wildman–Crippen LogP) is 6.13. The van der Waals surface area contributed by atoms with E-state index in [1.165, 1.54) is 16.2 Å². The van der Waals surface area contributed by atoms with Gasteiger partial charge in [0.15, 0.2) is 10.8 Å². The molecule has 3 heterocycles. The number of ether oxygens (including phenoxy) is 1. The molecule has 0 unspecified atom stereocenters. The van der Waals surface area contributed by atoms with Crippen LogP contribution in [0.25, 0.3) is 10.2 Å². The summed E-state index contributed by atoms with van der Waals surface area (Å²) in [6.07, 6.45) is 1.72. The van der Waals surface area contributed by atoms with E-state index in [0.717, 1.165) is 23.1 Å². The molecule has 0 radical (unpaired) electrons. The van der Waals surface area contributed by atoms with E-state index >= 15 is 0 Å². The number of aromatic nitrogens is 2. The van der Waals surface area contributed by atoms with Crippen LogP contribution in [0.4, 0.5) is 5.13 Å². The van der Waals surface area contributed by atoms with Crippen LogP contribution < -0.4 is 4.90 Å². The van der Waals surface area contributed by atoms with Gasteiger partial charge in [0.2, 0.25) is 0 Å². The summed E-state index contributed by atoms with van der Waals surface area (Å²) in [4.78, 5) is 23.6. The summed E-state index contributed by atoms with van der Waals surface area (Å²) < 4.78 is 6.68. The van der Waals surface area contributed by atoms with Gasteiger partial charge >= 0.3 is 0 Å². The van der Waals surface area contributed by atoms with Crippen molar-refractivity contribution in [3.63, 3.8) is 0 Å². The van der Waals surface area contributed by atoms with E-state index in [1.807, 2.05) is 24.3 Å². The van der Waals surface area contributed by atoms with Gasteiger partial charge in [-0.25, -0.2) is 9.97 Å². The van der Waals surface area contributed by atoms with Gasteiger partial charge in [-0.2, -0.15) is 0 Å². The van der Waals surface area contributed by atoms with Crippen molar-refractivity contribution < 1.29 is 9.53 Å². The zero-order valence-electron chi connectivity index (χ0n) is 14.3. The molecule has 4 rings (SSSR count). The first-order chi connectivity index (χ1) is 13.5. The lowest BCUT2D eigenvalue weighted by atomic mass is 10.2. The Bertz CT molecular complexity index is 1020. The molecule has 28 heavy (non-hydrogen) atoms. The largest absolute Gasteiger partial charge is 0.376 e. The standard InChI is InChI=1S/C18H13Cl4N3O2S/c19-12-13(20)15(24-16(22)14(12)21)17(26)25(8-9-4-3-7-27-9)18-23-10-5-1-2-6-11(10)28-18/h1-2,5-6,9H,3-4,7-8H2/t9-/m0/s1. The van der Waals surface area contributed by atoms with Gasteiger partial charge in [0.1, 0.15) is 5.15 Å². The lowest BCUT2D eigenvalue weighted by Crippen LogP contribution is -2.38. The Hall–Kier alpha value is -1.15. The topological polar surface area (TPSA) is 55.3 Å². The fraction of sp³-hybridized carbons (Fsp3) is 0.278. The number of hydrogen-bond acceptors (Lipinski definition) is 5. The van der Waals surface area contributed by atoms with Crippen molar-refractivity contribution in [1.29, 1.82) is 0 Å². The molecule has 3 aromatic rings. The van der Waals surface area contributed by atoms with Crippen molar-refractivity contribution in [1.82, 2.24) is 9.97 Å². The maximum Gasteiger partial charge on any atom is 0.280 e. The van der Waals surface area contributed by atoms with Gasteiger partial charge in [0, 0.05) is 6.61 Å². The number of carbonyl (C=O) groups excluding carboxylic acids is 1. The number of hydrogen-bond donors (Lipinski definition) is 0. The highest BCUT2D eigenvalue weighted by molar-refractivity contribution is 7.22. The molecule has 1 aliphatic rings. The van der Waals surface area contributed by atoms with Gasteiger partial charge in [-0.1, -0.05) is 69.9 Å². The molecule has 146 valence electrons. The van der Waals surface area contributed by atoms with Gasteiger partial charge in [0.05, 0.1) is 37.9 Å². The molecular formula is C18H13Cl4N3O2S. The number of anilines is 1. The van der Waals surface area contributed by atoms with Crippen molar-refractivity contribution in [2.45, 2.75) is 18.9 Å².